The third-order valence-corrected chi connectivity index (χ3v) is 3.88. The zero-order valence-electron chi connectivity index (χ0n) is 14.4. The summed E-state index contributed by atoms with van der Waals surface area (Å²) in [7, 11) is 0. The number of carbonyl (C=O) groups excluding carboxylic acids is 1. The number of urea groups is 1. The number of hydrogen-bond donors (Lipinski definition) is 1. The number of nitrogens with zero attached hydrogens (tertiary/aromatic N) is 1. The van der Waals surface area contributed by atoms with Crippen LogP contribution in [0.3, 0.4) is 0 Å². The highest BCUT2D eigenvalue weighted by molar-refractivity contribution is 5.92. The predicted molar refractivity (Wildman–Crippen MR) is 95.6 cm³/mol. The van der Waals surface area contributed by atoms with E-state index < -0.39 is 5.63 Å². The molecule has 1 N–H and O–H groups in total. The molecule has 0 aliphatic carbocycles. The van der Waals surface area contributed by atoms with Crippen molar-refractivity contribution < 1.29 is 13.6 Å². The van der Waals surface area contributed by atoms with Gasteiger partial charge in [0, 0.05) is 23.2 Å². The summed E-state index contributed by atoms with van der Waals surface area (Å²) >= 11 is 0. The molecule has 6 heteroatoms. The van der Waals surface area contributed by atoms with E-state index in [-0.39, 0.29) is 12.1 Å². The van der Waals surface area contributed by atoms with Crippen molar-refractivity contribution in [2.75, 3.05) is 5.32 Å². The van der Waals surface area contributed by atoms with E-state index in [1.54, 1.807) is 29.2 Å². The van der Waals surface area contributed by atoms with Crippen molar-refractivity contribution in [1.82, 2.24) is 4.90 Å². The van der Waals surface area contributed by atoms with Gasteiger partial charge in [0.1, 0.15) is 17.1 Å². The third-order valence-electron chi connectivity index (χ3n) is 3.88. The molecular weight excluding hydrogens is 320 g/mol. The molecule has 0 bridgehead atoms. The molecule has 2 aromatic heterocycles. The van der Waals surface area contributed by atoms with Crippen LogP contribution >= 0.6 is 0 Å². The molecule has 0 atom stereocenters. The molecule has 2 amide bonds. The Labute approximate surface area is 145 Å². The smallest absolute Gasteiger partial charge is 0.336 e. The van der Waals surface area contributed by atoms with Gasteiger partial charge < -0.3 is 19.1 Å². The number of anilines is 1. The molecule has 0 unspecified atom stereocenters. The lowest BCUT2D eigenvalue weighted by Gasteiger charge is -2.26. The summed E-state index contributed by atoms with van der Waals surface area (Å²) in [6.07, 6.45) is 0. The zero-order valence-corrected chi connectivity index (χ0v) is 14.4. The largest absolute Gasteiger partial charge is 0.464 e. The van der Waals surface area contributed by atoms with Crippen LogP contribution in [0.2, 0.25) is 0 Å². The Morgan fingerprint density at radius 2 is 1.92 bits per heavy atom. The van der Waals surface area contributed by atoms with Crippen LogP contribution in [0.5, 0.6) is 0 Å². The number of nitrogens with one attached hydrogen (secondary N) is 1. The van der Waals surface area contributed by atoms with Crippen LogP contribution in [-0.4, -0.2) is 17.0 Å². The molecule has 2 heterocycles. The van der Waals surface area contributed by atoms with Crippen LogP contribution in [0, 0.1) is 6.92 Å². The maximum Gasteiger partial charge on any atom is 0.336 e. The van der Waals surface area contributed by atoms with Gasteiger partial charge in [-0.2, -0.15) is 0 Å². The topological polar surface area (TPSA) is 75.7 Å². The van der Waals surface area contributed by atoms with Crippen LogP contribution in [-0.2, 0) is 6.54 Å². The van der Waals surface area contributed by atoms with Gasteiger partial charge in [0.25, 0.3) is 0 Å². The summed E-state index contributed by atoms with van der Waals surface area (Å²) in [5.74, 6) is 1.55. The normalized spacial score (nSPS) is 11.0. The van der Waals surface area contributed by atoms with Crippen LogP contribution in [0.25, 0.3) is 11.0 Å². The summed E-state index contributed by atoms with van der Waals surface area (Å²) in [5.41, 5.74) is 0.717. The van der Waals surface area contributed by atoms with Gasteiger partial charge in [0.15, 0.2) is 0 Å². The molecule has 6 nitrogen and oxygen atoms in total. The van der Waals surface area contributed by atoms with Crippen molar-refractivity contribution in [3.63, 3.8) is 0 Å². The zero-order chi connectivity index (χ0) is 18.0. The molecule has 1 aromatic carbocycles. The predicted octanol–water partition coefficient (Wildman–Crippen LogP) is 4.14. The SMILES string of the molecule is Cc1ccc(CN(C(=O)Nc2ccc3oc(=O)ccc3c2)C(C)C)o1. The summed E-state index contributed by atoms with van der Waals surface area (Å²) in [6, 6.07) is 11.7. The first-order chi connectivity index (χ1) is 11.9. The third kappa shape index (κ3) is 3.91. The van der Waals surface area contributed by atoms with E-state index in [0.29, 0.717) is 17.8 Å². The van der Waals surface area contributed by atoms with Gasteiger partial charge in [-0.05, 0) is 57.2 Å². The molecule has 25 heavy (non-hydrogen) atoms. The quantitative estimate of drug-likeness (QED) is 0.724. The summed E-state index contributed by atoms with van der Waals surface area (Å²) in [6.45, 7) is 6.16. The van der Waals surface area contributed by atoms with Gasteiger partial charge in [0.05, 0.1) is 6.54 Å². The molecule has 0 radical (unpaired) electrons. The second kappa shape index (κ2) is 6.84. The minimum Gasteiger partial charge on any atom is -0.464 e. The van der Waals surface area contributed by atoms with Crippen molar-refractivity contribution in [1.29, 1.82) is 0 Å². The van der Waals surface area contributed by atoms with E-state index in [1.807, 2.05) is 32.9 Å². The van der Waals surface area contributed by atoms with Crippen molar-refractivity contribution in [3.05, 3.63) is 64.4 Å². The summed E-state index contributed by atoms with van der Waals surface area (Å²) in [4.78, 5) is 25.6. The van der Waals surface area contributed by atoms with Crippen molar-refractivity contribution >= 4 is 22.7 Å². The van der Waals surface area contributed by atoms with E-state index in [9.17, 15) is 9.59 Å². The Balaban J connectivity index is 1.78. The van der Waals surface area contributed by atoms with Crippen LogP contribution in [0.15, 0.2) is 56.1 Å². The Kier molecular flexibility index (Phi) is 4.61. The van der Waals surface area contributed by atoms with Gasteiger partial charge in [-0.1, -0.05) is 0 Å². The maximum absolute atomic E-state index is 12.7. The van der Waals surface area contributed by atoms with Crippen molar-refractivity contribution in [2.45, 2.75) is 33.4 Å². The molecule has 130 valence electrons. The Bertz CT molecular complexity index is 955. The first-order valence-corrected chi connectivity index (χ1v) is 8.09. The molecule has 0 aliphatic heterocycles. The van der Waals surface area contributed by atoms with Crippen LogP contribution in [0.4, 0.5) is 10.5 Å². The monoisotopic (exact) mass is 340 g/mol. The minimum atomic E-state index is -0.399. The van der Waals surface area contributed by atoms with Crippen LogP contribution < -0.4 is 10.9 Å². The number of rotatable bonds is 4. The fourth-order valence-corrected chi connectivity index (χ4v) is 2.57. The van der Waals surface area contributed by atoms with Gasteiger partial charge in [0.2, 0.25) is 0 Å². The van der Waals surface area contributed by atoms with Crippen molar-refractivity contribution in [2.24, 2.45) is 0 Å². The number of aryl methyl sites for hydroxylation is 1. The molecule has 0 spiro atoms. The highest BCUT2D eigenvalue weighted by Gasteiger charge is 2.19. The maximum atomic E-state index is 12.7. The highest BCUT2D eigenvalue weighted by atomic mass is 16.4. The first-order valence-electron chi connectivity index (χ1n) is 8.09. The van der Waals surface area contributed by atoms with E-state index >= 15 is 0 Å². The number of amides is 2. The molecule has 0 aliphatic rings. The van der Waals surface area contributed by atoms with E-state index in [1.165, 1.54) is 6.07 Å². The Morgan fingerprint density at radius 1 is 1.12 bits per heavy atom. The lowest BCUT2D eigenvalue weighted by Crippen LogP contribution is -2.39. The van der Waals surface area contributed by atoms with E-state index in [0.717, 1.165) is 16.9 Å². The van der Waals surface area contributed by atoms with E-state index in [4.69, 9.17) is 8.83 Å². The average molecular weight is 340 g/mol. The molecule has 3 rings (SSSR count). The fourth-order valence-electron chi connectivity index (χ4n) is 2.57. The number of hydrogen-bond acceptors (Lipinski definition) is 4. The van der Waals surface area contributed by atoms with Crippen LogP contribution in [0.1, 0.15) is 25.4 Å². The Morgan fingerprint density at radius 3 is 2.60 bits per heavy atom. The number of furan rings is 1. The lowest BCUT2D eigenvalue weighted by molar-refractivity contribution is 0.187. The summed E-state index contributed by atoms with van der Waals surface area (Å²) in [5, 5.41) is 3.63. The second-order valence-corrected chi connectivity index (χ2v) is 6.17. The van der Waals surface area contributed by atoms with Gasteiger partial charge >= 0.3 is 11.7 Å². The van der Waals surface area contributed by atoms with Crippen molar-refractivity contribution in [3.8, 4) is 0 Å². The molecule has 3 aromatic rings. The molecule has 0 fully saturated rings. The molecule has 0 saturated heterocycles. The minimum absolute atomic E-state index is 0.00360. The summed E-state index contributed by atoms with van der Waals surface area (Å²) < 4.78 is 10.7. The Hall–Kier alpha value is -3.02. The second-order valence-electron chi connectivity index (χ2n) is 6.17. The lowest BCUT2D eigenvalue weighted by atomic mass is 10.2. The number of fused-ring (bicyclic) bond motifs is 1. The van der Waals surface area contributed by atoms with Gasteiger partial charge in [-0.15, -0.1) is 0 Å². The number of carbonyl (C=O) groups is 1. The average Bonchev–Trinajstić information content (AvgIpc) is 2.97. The van der Waals surface area contributed by atoms with Gasteiger partial charge in [-0.25, -0.2) is 9.59 Å². The highest BCUT2D eigenvalue weighted by Crippen LogP contribution is 2.19. The molecular formula is C19H20N2O4. The van der Waals surface area contributed by atoms with E-state index in [2.05, 4.69) is 5.32 Å². The first kappa shape index (κ1) is 16.8. The standard InChI is InChI=1S/C19H20N2O4/c1-12(2)21(11-16-7-4-13(3)24-16)19(23)20-15-6-8-17-14(10-15)5-9-18(22)25-17/h4-10,12H,11H2,1-3H3,(H,20,23). The fraction of sp³-hybridized carbons (Fsp3) is 0.263. The number of benzene rings is 1. The molecule has 0 saturated carbocycles. The van der Waals surface area contributed by atoms with Gasteiger partial charge in [-0.3, -0.25) is 0 Å².